The van der Waals surface area contributed by atoms with Crippen molar-refractivity contribution in [2.24, 2.45) is 0 Å². The maximum absolute atomic E-state index is 10.7. The van der Waals surface area contributed by atoms with E-state index in [9.17, 15) is 18.1 Å². The van der Waals surface area contributed by atoms with E-state index >= 15 is 0 Å². The third-order valence-corrected chi connectivity index (χ3v) is 9.77. The van der Waals surface area contributed by atoms with Crippen LogP contribution in [-0.4, -0.2) is 67.6 Å². The Morgan fingerprint density at radius 2 is 1.08 bits per heavy atom. The van der Waals surface area contributed by atoms with Crippen LogP contribution in [-0.2, 0) is 10.1 Å². The number of fused-ring (bicyclic) bond motifs is 1. The largest absolute Gasteiger partial charge is 0.744 e. The first-order chi connectivity index (χ1) is 23.6. The molecular weight excluding hydrogens is 631 g/mol. The van der Waals surface area contributed by atoms with Gasteiger partial charge in [-0.1, -0.05) is 36.4 Å². The molecule has 0 saturated heterocycles. The highest BCUT2D eigenvalue weighted by atomic mass is 32.2. The quantitative estimate of drug-likeness (QED) is 0.127. The lowest BCUT2D eigenvalue weighted by molar-refractivity contribution is -0.519. The van der Waals surface area contributed by atoms with Crippen LogP contribution in [0.2, 0.25) is 0 Å². The molecule has 1 aliphatic carbocycles. The first kappa shape index (κ1) is 37.2. The lowest BCUT2D eigenvalue weighted by Crippen LogP contribution is -2.21. The minimum absolute atomic E-state index is 0.0974. The predicted molar refractivity (Wildman–Crippen MR) is 204 cm³/mol. The number of hydrogen-bond acceptors (Lipinski definition) is 6. The number of aromatic hydroxyl groups is 1. The van der Waals surface area contributed by atoms with Crippen molar-refractivity contribution in [2.45, 2.75) is 46.4 Å². The number of benzene rings is 4. The van der Waals surface area contributed by atoms with Gasteiger partial charge in [0.15, 0.2) is 5.71 Å². The van der Waals surface area contributed by atoms with E-state index < -0.39 is 10.1 Å². The van der Waals surface area contributed by atoms with Crippen LogP contribution >= 0.6 is 0 Å². The van der Waals surface area contributed by atoms with Gasteiger partial charge in [0.25, 0.3) is 0 Å². The fourth-order valence-corrected chi connectivity index (χ4v) is 6.66. The summed E-state index contributed by atoms with van der Waals surface area (Å²) in [4.78, 5) is 4.52. The Hall–Kier alpha value is -4.66. The van der Waals surface area contributed by atoms with E-state index in [0.717, 1.165) is 39.3 Å². The summed E-state index contributed by atoms with van der Waals surface area (Å²) in [7, 11) is -4.42. The molecule has 0 unspecified atom stereocenters. The maximum atomic E-state index is 10.7. The Morgan fingerprint density at radius 3 is 1.51 bits per heavy atom. The molecule has 5 rings (SSSR count). The number of rotatable bonds is 11. The summed E-state index contributed by atoms with van der Waals surface area (Å²) in [5, 5.41) is 10.5. The smallest absolute Gasteiger partial charge is 0.199 e. The van der Waals surface area contributed by atoms with Crippen molar-refractivity contribution >= 4 is 43.6 Å². The highest BCUT2D eigenvalue weighted by Gasteiger charge is 2.15. The summed E-state index contributed by atoms with van der Waals surface area (Å²) in [6, 6.07) is 26.6. The second-order valence-corrected chi connectivity index (χ2v) is 13.1. The molecule has 7 nitrogen and oxygen atoms in total. The average Bonchev–Trinajstić information content (AvgIpc) is 3.11. The van der Waals surface area contributed by atoms with E-state index in [0.29, 0.717) is 10.8 Å². The Labute approximate surface area is 292 Å². The molecule has 0 atom stereocenters. The van der Waals surface area contributed by atoms with Crippen LogP contribution in [0.15, 0.2) is 120 Å². The zero-order chi connectivity index (χ0) is 35.6. The van der Waals surface area contributed by atoms with E-state index in [1.807, 2.05) is 0 Å². The van der Waals surface area contributed by atoms with Gasteiger partial charge in [-0.05, 0) is 135 Å². The van der Waals surface area contributed by atoms with Crippen molar-refractivity contribution in [3.63, 3.8) is 0 Å². The van der Waals surface area contributed by atoms with Gasteiger partial charge in [-0.25, -0.2) is 13.0 Å². The minimum Gasteiger partial charge on any atom is -0.744 e. The summed E-state index contributed by atoms with van der Waals surface area (Å²) in [6.45, 7) is 19.4. The number of phenols is 1. The van der Waals surface area contributed by atoms with Crippen LogP contribution in [0.4, 0.5) is 11.4 Å². The standard InChI is InChI=1S/C31H42N3.C10H8O4S/c1-7-32(8-2)28-19-13-25(14-20-28)31(26-15-21-29(22-16-26)33(9-3)10-4)27-17-23-30(24-18-27)34(11-5)12-6;11-9-3-1-8-6-10(15(12,13)14)4-2-7(8)5-9/h13-24H,7-12H2,1-6H3;1-6,11H,(H,12,13,14)/q+1;/p-1. The van der Waals surface area contributed by atoms with Crippen LogP contribution in [0.3, 0.4) is 0 Å². The van der Waals surface area contributed by atoms with Gasteiger partial charge >= 0.3 is 0 Å². The van der Waals surface area contributed by atoms with Crippen LogP contribution in [0.1, 0.15) is 52.7 Å². The molecule has 0 aromatic heterocycles. The van der Waals surface area contributed by atoms with Gasteiger partial charge in [-0.3, -0.25) is 0 Å². The third kappa shape index (κ3) is 9.28. The number of allylic oxidation sites excluding steroid dienone is 5. The van der Waals surface area contributed by atoms with E-state index in [4.69, 9.17) is 0 Å². The molecular formula is C41H49N3O4S. The van der Waals surface area contributed by atoms with Gasteiger partial charge in [-0.15, -0.1) is 0 Å². The molecule has 49 heavy (non-hydrogen) atoms. The molecule has 1 N–H and O–H groups in total. The SMILES string of the molecule is CCN(CC)c1ccc(C(=C2C=CC(=[N+](CC)CC)C=C2)c2ccc(N(CC)CC)cc2)cc1.O=S(=O)([O-])c1ccc2cc(O)ccc2c1. The van der Waals surface area contributed by atoms with E-state index in [2.05, 4.69) is 129 Å². The van der Waals surface area contributed by atoms with Crippen LogP contribution in [0, 0.1) is 0 Å². The van der Waals surface area contributed by atoms with Crippen LogP contribution in [0.5, 0.6) is 5.75 Å². The summed E-state index contributed by atoms with van der Waals surface area (Å²) < 4.78 is 34.6. The van der Waals surface area contributed by atoms with E-state index in [-0.39, 0.29) is 10.6 Å². The molecule has 0 radical (unpaired) electrons. The summed E-state index contributed by atoms with van der Waals surface area (Å²) in [6.07, 6.45) is 9.08. The van der Waals surface area contributed by atoms with Crippen molar-refractivity contribution in [3.8, 4) is 5.75 Å². The van der Waals surface area contributed by atoms with Gasteiger partial charge in [0.2, 0.25) is 0 Å². The zero-order valence-corrected chi connectivity index (χ0v) is 30.4. The fraction of sp³-hybridized carbons (Fsp3) is 0.293. The molecule has 4 aromatic rings. The van der Waals surface area contributed by atoms with Crippen LogP contribution < -0.4 is 9.80 Å². The number of phenolic OH excluding ortho intramolecular Hbond substituents is 1. The second-order valence-electron chi connectivity index (χ2n) is 11.7. The highest BCUT2D eigenvalue weighted by Crippen LogP contribution is 2.32. The lowest BCUT2D eigenvalue weighted by Gasteiger charge is -2.23. The first-order valence-electron chi connectivity index (χ1n) is 17.2. The molecule has 0 saturated carbocycles. The number of nitrogens with zero attached hydrogens (tertiary/aromatic N) is 3. The Kier molecular flexibility index (Phi) is 13.0. The molecule has 0 bridgehead atoms. The third-order valence-electron chi connectivity index (χ3n) is 8.94. The van der Waals surface area contributed by atoms with Gasteiger partial charge in [0.1, 0.15) is 29.0 Å². The normalized spacial score (nSPS) is 12.5. The van der Waals surface area contributed by atoms with E-state index in [1.165, 1.54) is 69.7 Å². The molecule has 0 heterocycles. The van der Waals surface area contributed by atoms with Crippen molar-refractivity contribution in [1.29, 1.82) is 0 Å². The molecule has 1 aliphatic rings. The van der Waals surface area contributed by atoms with Gasteiger partial charge < -0.3 is 19.5 Å². The monoisotopic (exact) mass is 679 g/mol. The maximum Gasteiger partial charge on any atom is 0.199 e. The molecule has 0 fully saturated rings. The summed E-state index contributed by atoms with van der Waals surface area (Å²) in [5.41, 5.74) is 8.88. The van der Waals surface area contributed by atoms with Crippen molar-refractivity contribution < 1.29 is 22.7 Å². The van der Waals surface area contributed by atoms with Crippen molar-refractivity contribution in [1.82, 2.24) is 0 Å². The first-order valence-corrected chi connectivity index (χ1v) is 18.6. The molecule has 4 aromatic carbocycles. The fourth-order valence-electron chi connectivity index (χ4n) is 6.15. The Balaban J connectivity index is 0.000000299. The summed E-state index contributed by atoms with van der Waals surface area (Å²) in [5.74, 6) is 0.0974. The molecule has 8 heteroatoms. The average molecular weight is 680 g/mol. The predicted octanol–water partition coefficient (Wildman–Crippen LogP) is 8.25. The van der Waals surface area contributed by atoms with Crippen molar-refractivity contribution in [2.75, 3.05) is 49.1 Å². The topological polar surface area (TPSA) is 86.9 Å². The molecule has 0 aliphatic heterocycles. The molecule has 258 valence electrons. The Morgan fingerprint density at radius 1 is 0.633 bits per heavy atom. The summed E-state index contributed by atoms with van der Waals surface area (Å²) >= 11 is 0. The minimum atomic E-state index is -4.42. The second kappa shape index (κ2) is 17.1. The number of hydrogen-bond donors (Lipinski definition) is 1. The molecule has 0 spiro atoms. The zero-order valence-electron chi connectivity index (χ0n) is 29.6. The highest BCUT2D eigenvalue weighted by molar-refractivity contribution is 7.85. The van der Waals surface area contributed by atoms with Crippen molar-refractivity contribution in [3.05, 3.63) is 126 Å². The van der Waals surface area contributed by atoms with Gasteiger partial charge in [-0.2, -0.15) is 0 Å². The molecule has 0 amide bonds. The van der Waals surface area contributed by atoms with Gasteiger partial charge in [0.05, 0.1) is 4.90 Å². The van der Waals surface area contributed by atoms with Crippen LogP contribution in [0.25, 0.3) is 16.3 Å². The Bertz CT molecular complexity index is 1870. The lowest BCUT2D eigenvalue weighted by atomic mass is 9.90. The van der Waals surface area contributed by atoms with Gasteiger partial charge in [0, 0.05) is 49.7 Å². The van der Waals surface area contributed by atoms with E-state index in [1.54, 1.807) is 6.07 Å². The number of anilines is 2.